The zero-order chi connectivity index (χ0) is 19.2. The average Bonchev–Trinajstić information content (AvgIpc) is 2.68. The average molecular weight is 378 g/mol. The van der Waals surface area contributed by atoms with Gasteiger partial charge in [0.1, 0.15) is 5.82 Å². The fraction of sp³-hybridized carbons (Fsp3) is 0.579. The van der Waals surface area contributed by atoms with Crippen LogP contribution in [0.5, 0.6) is 0 Å². The number of rotatable bonds is 5. The highest BCUT2D eigenvalue weighted by molar-refractivity contribution is 5.96. The SMILES string of the molecule is NC(=O)c1cc(NC(=O)N2CCCC[C@@H]2CCN2CCOCC2)ccc1F. The van der Waals surface area contributed by atoms with Crippen molar-refractivity contribution in [1.82, 2.24) is 9.80 Å². The van der Waals surface area contributed by atoms with Crippen LogP contribution in [0.25, 0.3) is 0 Å². The van der Waals surface area contributed by atoms with Gasteiger partial charge in [0.15, 0.2) is 0 Å². The number of benzene rings is 1. The molecule has 1 aromatic rings. The normalized spacial score (nSPS) is 21.1. The summed E-state index contributed by atoms with van der Waals surface area (Å²) in [6.45, 7) is 5.04. The lowest BCUT2D eigenvalue weighted by Crippen LogP contribution is -2.48. The van der Waals surface area contributed by atoms with Crippen molar-refractivity contribution in [3.8, 4) is 0 Å². The second-order valence-electron chi connectivity index (χ2n) is 7.07. The van der Waals surface area contributed by atoms with E-state index in [0.29, 0.717) is 12.2 Å². The van der Waals surface area contributed by atoms with Crippen molar-refractivity contribution in [1.29, 1.82) is 0 Å². The van der Waals surface area contributed by atoms with Crippen LogP contribution in [-0.4, -0.2) is 67.2 Å². The summed E-state index contributed by atoms with van der Waals surface area (Å²) >= 11 is 0. The van der Waals surface area contributed by atoms with E-state index in [1.54, 1.807) is 0 Å². The molecule has 2 fully saturated rings. The lowest BCUT2D eigenvalue weighted by atomic mass is 9.99. The first-order chi connectivity index (χ1) is 13.0. The van der Waals surface area contributed by atoms with Crippen LogP contribution in [0, 0.1) is 5.82 Å². The van der Waals surface area contributed by atoms with Crippen molar-refractivity contribution in [2.45, 2.75) is 31.7 Å². The van der Waals surface area contributed by atoms with Crippen LogP contribution in [0.4, 0.5) is 14.9 Å². The van der Waals surface area contributed by atoms with Crippen LogP contribution >= 0.6 is 0 Å². The molecule has 0 unspecified atom stereocenters. The van der Waals surface area contributed by atoms with Gasteiger partial charge in [0, 0.05) is 37.9 Å². The Labute approximate surface area is 158 Å². The molecule has 1 aromatic carbocycles. The number of amides is 3. The Morgan fingerprint density at radius 2 is 2.00 bits per heavy atom. The van der Waals surface area contributed by atoms with Gasteiger partial charge in [0.05, 0.1) is 18.8 Å². The van der Waals surface area contributed by atoms with Gasteiger partial charge in [-0.15, -0.1) is 0 Å². The fourth-order valence-electron chi connectivity index (χ4n) is 3.71. The summed E-state index contributed by atoms with van der Waals surface area (Å²) in [5.74, 6) is -1.55. The molecule has 2 heterocycles. The maximum Gasteiger partial charge on any atom is 0.322 e. The fourth-order valence-corrected chi connectivity index (χ4v) is 3.71. The Morgan fingerprint density at radius 3 is 2.74 bits per heavy atom. The predicted octanol–water partition coefficient (Wildman–Crippen LogP) is 2.03. The highest BCUT2D eigenvalue weighted by Gasteiger charge is 2.27. The van der Waals surface area contributed by atoms with E-state index < -0.39 is 11.7 Å². The third-order valence-electron chi connectivity index (χ3n) is 5.25. The first kappa shape index (κ1) is 19.6. The van der Waals surface area contributed by atoms with Crippen molar-refractivity contribution >= 4 is 17.6 Å². The molecule has 0 bridgehead atoms. The molecule has 0 aliphatic carbocycles. The number of carbonyl (C=O) groups is 2. The number of ether oxygens (including phenoxy) is 1. The van der Waals surface area contributed by atoms with Gasteiger partial charge in [0.2, 0.25) is 0 Å². The second-order valence-corrected chi connectivity index (χ2v) is 7.07. The number of primary amides is 1. The molecule has 3 amide bonds. The first-order valence-electron chi connectivity index (χ1n) is 9.51. The Morgan fingerprint density at radius 1 is 1.22 bits per heavy atom. The molecule has 148 valence electrons. The summed E-state index contributed by atoms with van der Waals surface area (Å²) < 4.78 is 19.0. The molecule has 2 aliphatic rings. The maximum absolute atomic E-state index is 13.6. The topological polar surface area (TPSA) is 87.9 Å². The van der Waals surface area contributed by atoms with Crippen molar-refractivity contribution in [2.75, 3.05) is 44.7 Å². The van der Waals surface area contributed by atoms with Gasteiger partial charge in [-0.2, -0.15) is 0 Å². The number of anilines is 1. The molecule has 3 N–H and O–H groups in total. The van der Waals surface area contributed by atoms with Gasteiger partial charge < -0.3 is 20.7 Å². The van der Waals surface area contributed by atoms with Gasteiger partial charge in [-0.25, -0.2) is 9.18 Å². The minimum absolute atomic E-state index is 0.178. The maximum atomic E-state index is 13.6. The molecule has 27 heavy (non-hydrogen) atoms. The standard InChI is InChI=1S/C19H27FN4O3/c20-17-5-4-14(13-16(17)18(21)25)22-19(26)24-7-2-1-3-15(24)6-8-23-9-11-27-12-10-23/h4-5,13,15H,1-3,6-12H2,(H2,21,25)(H,22,26)/t15-/m1/s1. The van der Waals surface area contributed by atoms with Gasteiger partial charge in [-0.3, -0.25) is 9.69 Å². The van der Waals surface area contributed by atoms with E-state index >= 15 is 0 Å². The quantitative estimate of drug-likeness (QED) is 0.821. The Bertz CT molecular complexity index is 679. The van der Waals surface area contributed by atoms with E-state index in [0.717, 1.165) is 64.6 Å². The van der Waals surface area contributed by atoms with E-state index in [9.17, 15) is 14.0 Å². The highest BCUT2D eigenvalue weighted by atomic mass is 19.1. The van der Waals surface area contributed by atoms with Crippen LogP contribution in [0.1, 0.15) is 36.0 Å². The number of hydrogen-bond acceptors (Lipinski definition) is 4. The molecular formula is C19H27FN4O3. The number of carbonyl (C=O) groups excluding carboxylic acids is 2. The number of hydrogen-bond donors (Lipinski definition) is 2. The highest BCUT2D eigenvalue weighted by Crippen LogP contribution is 2.22. The summed E-state index contributed by atoms with van der Waals surface area (Å²) in [6, 6.07) is 3.82. The van der Waals surface area contributed by atoms with Gasteiger partial charge in [0.25, 0.3) is 5.91 Å². The zero-order valence-corrected chi connectivity index (χ0v) is 15.5. The predicted molar refractivity (Wildman–Crippen MR) is 100 cm³/mol. The lowest BCUT2D eigenvalue weighted by Gasteiger charge is -2.37. The minimum atomic E-state index is -0.857. The van der Waals surface area contributed by atoms with E-state index in [-0.39, 0.29) is 17.6 Å². The van der Waals surface area contributed by atoms with Crippen molar-refractivity contribution in [3.05, 3.63) is 29.6 Å². The second kappa shape index (κ2) is 9.14. The lowest BCUT2D eigenvalue weighted by molar-refractivity contribution is 0.0329. The van der Waals surface area contributed by atoms with Crippen molar-refractivity contribution < 1.29 is 18.7 Å². The first-order valence-corrected chi connectivity index (χ1v) is 9.51. The van der Waals surface area contributed by atoms with Crippen LogP contribution in [0.3, 0.4) is 0 Å². The zero-order valence-electron chi connectivity index (χ0n) is 15.5. The third kappa shape index (κ3) is 5.17. The number of morpholine rings is 1. The molecule has 2 saturated heterocycles. The number of halogens is 1. The Balaban J connectivity index is 1.61. The number of urea groups is 1. The molecule has 0 aromatic heterocycles. The Kier molecular flexibility index (Phi) is 6.63. The van der Waals surface area contributed by atoms with Crippen LogP contribution in [-0.2, 0) is 4.74 Å². The summed E-state index contributed by atoms with van der Waals surface area (Å²) in [5.41, 5.74) is 5.32. The molecule has 1 atom stereocenters. The number of nitrogens with two attached hydrogens (primary N) is 1. The smallest absolute Gasteiger partial charge is 0.322 e. The summed E-state index contributed by atoms with van der Waals surface area (Å²) in [5, 5.41) is 2.78. The van der Waals surface area contributed by atoms with Crippen molar-refractivity contribution in [2.24, 2.45) is 5.73 Å². The van der Waals surface area contributed by atoms with Gasteiger partial charge in [-0.05, 0) is 43.9 Å². The van der Waals surface area contributed by atoms with E-state index in [1.165, 1.54) is 12.1 Å². The summed E-state index contributed by atoms with van der Waals surface area (Å²) in [6.07, 6.45) is 3.98. The molecular weight excluding hydrogens is 351 g/mol. The number of piperidine rings is 1. The number of likely N-dealkylation sites (tertiary alicyclic amines) is 1. The summed E-state index contributed by atoms with van der Waals surface area (Å²) in [7, 11) is 0. The molecule has 0 spiro atoms. The van der Waals surface area contributed by atoms with Crippen LogP contribution in [0.15, 0.2) is 18.2 Å². The molecule has 2 aliphatic heterocycles. The molecule has 8 heteroatoms. The third-order valence-corrected chi connectivity index (χ3v) is 5.25. The van der Waals surface area contributed by atoms with E-state index in [4.69, 9.17) is 10.5 Å². The van der Waals surface area contributed by atoms with E-state index in [1.807, 2.05) is 4.90 Å². The molecule has 7 nitrogen and oxygen atoms in total. The number of nitrogens with zero attached hydrogens (tertiary/aromatic N) is 2. The monoisotopic (exact) mass is 378 g/mol. The molecule has 3 rings (SSSR count). The van der Waals surface area contributed by atoms with Gasteiger partial charge >= 0.3 is 6.03 Å². The molecule has 0 radical (unpaired) electrons. The van der Waals surface area contributed by atoms with Crippen molar-refractivity contribution in [3.63, 3.8) is 0 Å². The number of nitrogens with one attached hydrogen (secondary N) is 1. The van der Waals surface area contributed by atoms with E-state index in [2.05, 4.69) is 10.2 Å². The van der Waals surface area contributed by atoms with Crippen LogP contribution < -0.4 is 11.1 Å². The van der Waals surface area contributed by atoms with Gasteiger partial charge in [-0.1, -0.05) is 0 Å². The molecule has 0 saturated carbocycles. The van der Waals surface area contributed by atoms with Crippen LogP contribution in [0.2, 0.25) is 0 Å². The largest absolute Gasteiger partial charge is 0.379 e. The Hall–Kier alpha value is -2.19. The minimum Gasteiger partial charge on any atom is -0.379 e. The summed E-state index contributed by atoms with van der Waals surface area (Å²) in [4.78, 5) is 28.3.